The molecule has 2 heterocycles. The molecule has 0 unspecified atom stereocenters. The van der Waals surface area contributed by atoms with E-state index in [-0.39, 0.29) is 5.95 Å². The minimum Gasteiger partial charge on any atom is -0.481 e. The lowest BCUT2D eigenvalue weighted by Crippen LogP contribution is -2.12. The molecular weight excluding hydrogens is 260 g/mol. The van der Waals surface area contributed by atoms with E-state index in [0.29, 0.717) is 18.1 Å². The minimum atomic E-state index is -0.822. The maximum absolute atomic E-state index is 10.8. The van der Waals surface area contributed by atoms with Gasteiger partial charge in [0, 0.05) is 6.20 Å². The monoisotopic (exact) mass is 274 g/mol. The van der Waals surface area contributed by atoms with Crippen LogP contribution in [0.25, 0.3) is 0 Å². The van der Waals surface area contributed by atoms with E-state index in [1.54, 1.807) is 26.1 Å². The molecule has 1 atom stereocenters. The van der Waals surface area contributed by atoms with Crippen molar-refractivity contribution in [2.24, 2.45) is 5.92 Å². The van der Waals surface area contributed by atoms with Crippen molar-refractivity contribution in [2.75, 3.05) is 5.32 Å². The number of rotatable bonds is 5. The molecule has 2 aromatic rings. The summed E-state index contributed by atoms with van der Waals surface area (Å²) in [5.41, 5.74) is 0.853. The van der Waals surface area contributed by atoms with Crippen LogP contribution in [0, 0.1) is 12.8 Å². The summed E-state index contributed by atoms with van der Waals surface area (Å²) in [6.07, 6.45) is 2.06. The van der Waals surface area contributed by atoms with Crippen LogP contribution in [0.15, 0.2) is 18.3 Å². The van der Waals surface area contributed by atoms with E-state index < -0.39 is 11.9 Å². The number of nitrogens with zero attached hydrogens (tertiary/aromatic N) is 5. The summed E-state index contributed by atoms with van der Waals surface area (Å²) in [5.74, 6) is 0.0299. The van der Waals surface area contributed by atoms with Gasteiger partial charge in [-0.1, -0.05) is 13.0 Å². The molecule has 0 aliphatic carbocycles. The Hall–Kier alpha value is -2.64. The molecule has 0 aromatic carbocycles. The van der Waals surface area contributed by atoms with Crippen molar-refractivity contribution >= 4 is 17.7 Å². The quantitative estimate of drug-likeness (QED) is 0.829. The molecule has 8 nitrogen and oxygen atoms in total. The SMILES string of the molecule is Cc1nnc(Nc2ccc(C[C@H](C)C(=O)O)cn2)nn1. The van der Waals surface area contributed by atoms with Gasteiger partial charge in [-0.25, -0.2) is 4.98 Å². The summed E-state index contributed by atoms with van der Waals surface area (Å²) in [7, 11) is 0. The number of aliphatic carboxylic acids is 1. The lowest BCUT2D eigenvalue weighted by atomic mass is 10.0. The first-order valence-corrected chi connectivity index (χ1v) is 6.03. The molecule has 2 aromatic heterocycles. The zero-order chi connectivity index (χ0) is 14.5. The molecule has 2 rings (SSSR count). The van der Waals surface area contributed by atoms with E-state index in [2.05, 4.69) is 30.7 Å². The van der Waals surface area contributed by atoms with Gasteiger partial charge in [-0.05, 0) is 25.0 Å². The van der Waals surface area contributed by atoms with Gasteiger partial charge >= 0.3 is 5.97 Å². The van der Waals surface area contributed by atoms with Gasteiger partial charge in [-0.2, -0.15) is 0 Å². The molecule has 0 aliphatic heterocycles. The number of aromatic nitrogens is 5. The van der Waals surface area contributed by atoms with Crippen LogP contribution in [0.1, 0.15) is 18.3 Å². The second kappa shape index (κ2) is 6.00. The second-order valence-corrected chi connectivity index (χ2v) is 4.39. The maximum Gasteiger partial charge on any atom is 0.306 e. The largest absolute Gasteiger partial charge is 0.481 e. The summed E-state index contributed by atoms with van der Waals surface area (Å²) >= 11 is 0. The maximum atomic E-state index is 10.8. The fraction of sp³-hybridized carbons (Fsp3) is 0.333. The molecular formula is C12H14N6O2. The molecule has 104 valence electrons. The van der Waals surface area contributed by atoms with Crippen molar-refractivity contribution < 1.29 is 9.90 Å². The third-order valence-corrected chi connectivity index (χ3v) is 2.61. The summed E-state index contributed by atoms with van der Waals surface area (Å²) in [4.78, 5) is 14.9. The highest BCUT2D eigenvalue weighted by atomic mass is 16.4. The molecule has 8 heteroatoms. The Morgan fingerprint density at radius 1 is 1.30 bits per heavy atom. The zero-order valence-corrected chi connectivity index (χ0v) is 11.1. The molecule has 0 radical (unpaired) electrons. The van der Waals surface area contributed by atoms with Crippen molar-refractivity contribution in [3.63, 3.8) is 0 Å². The Bertz CT molecular complexity index is 584. The minimum absolute atomic E-state index is 0.259. The number of hydrogen-bond acceptors (Lipinski definition) is 7. The highest BCUT2D eigenvalue weighted by molar-refractivity contribution is 5.69. The predicted octanol–water partition coefficient (Wildman–Crippen LogP) is 0.977. The van der Waals surface area contributed by atoms with Crippen LogP contribution >= 0.6 is 0 Å². The first-order chi connectivity index (χ1) is 9.54. The van der Waals surface area contributed by atoms with Crippen molar-refractivity contribution in [1.82, 2.24) is 25.4 Å². The average molecular weight is 274 g/mol. The third-order valence-electron chi connectivity index (χ3n) is 2.61. The van der Waals surface area contributed by atoms with E-state index in [9.17, 15) is 4.79 Å². The van der Waals surface area contributed by atoms with Gasteiger partial charge in [0.05, 0.1) is 5.92 Å². The number of carbonyl (C=O) groups is 1. The van der Waals surface area contributed by atoms with Crippen LogP contribution in [0.3, 0.4) is 0 Å². The van der Waals surface area contributed by atoms with Gasteiger partial charge in [-0.3, -0.25) is 4.79 Å². The van der Waals surface area contributed by atoms with Gasteiger partial charge in [-0.15, -0.1) is 20.4 Å². The van der Waals surface area contributed by atoms with Gasteiger partial charge in [0.25, 0.3) is 5.95 Å². The van der Waals surface area contributed by atoms with E-state index in [1.807, 2.05) is 6.07 Å². The van der Waals surface area contributed by atoms with Gasteiger partial charge in [0.1, 0.15) is 5.82 Å². The fourth-order valence-electron chi connectivity index (χ4n) is 1.50. The highest BCUT2D eigenvalue weighted by Crippen LogP contribution is 2.12. The zero-order valence-electron chi connectivity index (χ0n) is 11.1. The highest BCUT2D eigenvalue weighted by Gasteiger charge is 2.11. The average Bonchev–Trinajstić information content (AvgIpc) is 2.43. The van der Waals surface area contributed by atoms with Crippen LogP contribution in [-0.4, -0.2) is 36.5 Å². The summed E-state index contributed by atoms with van der Waals surface area (Å²) in [6.45, 7) is 3.35. The van der Waals surface area contributed by atoms with Crippen LogP contribution in [0.4, 0.5) is 11.8 Å². The Kier molecular flexibility index (Phi) is 4.14. The standard InChI is InChI=1S/C12H14N6O2/c1-7(11(19)20)5-9-3-4-10(13-6-9)14-12-17-15-8(2)16-18-12/h3-4,6-7H,5H2,1-2H3,(H,19,20)(H,13,14,17,18)/t7-/m0/s1. The number of carboxylic acids is 1. The van der Waals surface area contributed by atoms with Crippen molar-refractivity contribution in [3.05, 3.63) is 29.7 Å². The van der Waals surface area contributed by atoms with Crippen LogP contribution in [0.5, 0.6) is 0 Å². The molecule has 2 N–H and O–H groups in total. The van der Waals surface area contributed by atoms with Crippen molar-refractivity contribution in [2.45, 2.75) is 20.3 Å². The van der Waals surface area contributed by atoms with Crippen molar-refractivity contribution in [3.8, 4) is 0 Å². The number of pyridine rings is 1. The van der Waals surface area contributed by atoms with E-state index in [0.717, 1.165) is 5.56 Å². The van der Waals surface area contributed by atoms with Crippen LogP contribution < -0.4 is 5.32 Å². The van der Waals surface area contributed by atoms with Gasteiger partial charge < -0.3 is 10.4 Å². The molecule has 0 fully saturated rings. The molecule has 0 amide bonds. The van der Waals surface area contributed by atoms with Gasteiger partial charge in [0.2, 0.25) is 0 Å². The number of nitrogens with one attached hydrogen (secondary N) is 1. The van der Waals surface area contributed by atoms with Crippen LogP contribution in [0.2, 0.25) is 0 Å². The molecule has 0 aliphatic rings. The van der Waals surface area contributed by atoms with Crippen molar-refractivity contribution in [1.29, 1.82) is 0 Å². The summed E-state index contributed by atoms with van der Waals surface area (Å²) < 4.78 is 0. The number of hydrogen-bond donors (Lipinski definition) is 2. The molecule has 0 saturated heterocycles. The number of anilines is 2. The summed E-state index contributed by atoms with van der Waals surface area (Å²) in [6, 6.07) is 3.54. The fourth-order valence-corrected chi connectivity index (χ4v) is 1.50. The van der Waals surface area contributed by atoms with Crippen LogP contribution in [-0.2, 0) is 11.2 Å². The first kappa shape index (κ1) is 13.8. The molecule has 20 heavy (non-hydrogen) atoms. The lowest BCUT2D eigenvalue weighted by molar-refractivity contribution is -0.141. The molecule has 0 saturated carbocycles. The second-order valence-electron chi connectivity index (χ2n) is 4.39. The smallest absolute Gasteiger partial charge is 0.306 e. The Labute approximate surface area is 115 Å². The number of carboxylic acid groups (broad SMARTS) is 1. The topological polar surface area (TPSA) is 114 Å². The normalized spacial score (nSPS) is 11.9. The Morgan fingerprint density at radius 3 is 2.55 bits per heavy atom. The van der Waals surface area contributed by atoms with E-state index in [4.69, 9.17) is 5.11 Å². The molecule has 0 bridgehead atoms. The Balaban J connectivity index is 2.01. The number of aryl methyl sites for hydroxylation is 1. The van der Waals surface area contributed by atoms with E-state index in [1.165, 1.54) is 0 Å². The predicted molar refractivity (Wildman–Crippen MR) is 70.4 cm³/mol. The molecule has 0 spiro atoms. The first-order valence-electron chi connectivity index (χ1n) is 6.03. The summed E-state index contributed by atoms with van der Waals surface area (Å²) in [5, 5.41) is 26.9. The third kappa shape index (κ3) is 3.67. The van der Waals surface area contributed by atoms with E-state index >= 15 is 0 Å². The Morgan fingerprint density at radius 2 is 2.00 bits per heavy atom. The lowest BCUT2D eigenvalue weighted by Gasteiger charge is -2.07. The van der Waals surface area contributed by atoms with Gasteiger partial charge in [0.15, 0.2) is 5.82 Å².